The summed E-state index contributed by atoms with van der Waals surface area (Å²) in [6, 6.07) is 16.9. The molecule has 2 aromatic carbocycles. The van der Waals surface area contributed by atoms with Crippen LogP contribution >= 0.6 is 0 Å². The van der Waals surface area contributed by atoms with Crippen molar-refractivity contribution in [3.8, 4) is 17.3 Å². The van der Waals surface area contributed by atoms with Gasteiger partial charge in [0.1, 0.15) is 5.69 Å². The van der Waals surface area contributed by atoms with Crippen molar-refractivity contribution in [2.45, 2.75) is 12.8 Å². The highest BCUT2D eigenvalue weighted by molar-refractivity contribution is 5.86. The van der Waals surface area contributed by atoms with E-state index in [4.69, 9.17) is 10.1 Å². The van der Waals surface area contributed by atoms with E-state index in [-0.39, 0.29) is 16.8 Å². The lowest BCUT2D eigenvalue weighted by molar-refractivity contribution is 0.280. The van der Waals surface area contributed by atoms with Crippen molar-refractivity contribution in [1.29, 1.82) is 5.41 Å². The van der Waals surface area contributed by atoms with Gasteiger partial charge in [0, 0.05) is 36.3 Å². The minimum atomic E-state index is -0.540. The Balaban J connectivity index is 1.45. The molecule has 5 rings (SSSR count). The molecule has 2 heterocycles. The summed E-state index contributed by atoms with van der Waals surface area (Å²) in [7, 11) is 0. The van der Waals surface area contributed by atoms with E-state index in [0.717, 1.165) is 11.9 Å². The molecular weight excluding hydrogens is 447 g/mol. The maximum atomic E-state index is 15.2. The summed E-state index contributed by atoms with van der Waals surface area (Å²) in [5, 5.41) is 19.2. The van der Waals surface area contributed by atoms with E-state index in [1.165, 1.54) is 41.9 Å². The van der Waals surface area contributed by atoms with Crippen molar-refractivity contribution in [2.75, 3.05) is 11.9 Å². The SMILES string of the molecule is N=C/C=C(\Nc1ccccc1)c1nn(-c2ccc(-n3nccc3OCC3CC3)cc2F)ccc1=O. The fraction of sp³-hybridized carbons (Fsp3) is 0.154. The van der Waals surface area contributed by atoms with Crippen LogP contribution in [0.15, 0.2) is 83.9 Å². The first kappa shape index (κ1) is 22.3. The van der Waals surface area contributed by atoms with E-state index in [2.05, 4.69) is 15.5 Å². The van der Waals surface area contributed by atoms with E-state index in [1.54, 1.807) is 29.1 Å². The number of benzene rings is 2. The number of nitrogens with one attached hydrogen (secondary N) is 2. The molecule has 0 radical (unpaired) electrons. The van der Waals surface area contributed by atoms with Crippen molar-refractivity contribution in [3.63, 3.8) is 0 Å². The van der Waals surface area contributed by atoms with Gasteiger partial charge in [-0.3, -0.25) is 4.79 Å². The molecule has 1 saturated carbocycles. The Hall–Kier alpha value is -4.53. The predicted molar refractivity (Wildman–Crippen MR) is 132 cm³/mol. The third kappa shape index (κ3) is 5.03. The number of rotatable bonds is 9. The van der Waals surface area contributed by atoms with Crippen LogP contribution in [0.5, 0.6) is 5.88 Å². The summed E-state index contributed by atoms with van der Waals surface area (Å²) >= 11 is 0. The molecule has 35 heavy (non-hydrogen) atoms. The first-order valence-electron chi connectivity index (χ1n) is 11.2. The molecule has 0 aliphatic heterocycles. The fourth-order valence-corrected chi connectivity index (χ4v) is 3.56. The van der Waals surface area contributed by atoms with Crippen LogP contribution in [-0.2, 0) is 0 Å². The average Bonchev–Trinajstić information content (AvgIpc) is 3.58. The van der Waals surface area contributed by atoms with E-state index < -0.39 is 5.82 Å². The largest absolute Gasteiger partial charge is 0.477 e. The molecule has 0 unspecified atom stereocenters. The number of aromatic nitrogens is 4. The Bertz CT molecular complexity index is 1440. The van der Waals surface area contributed by atoms with Gasteiger partial charge in [0.25, 0.3) is 0 Å². The number of allylic oxidation sites excluding steroid dienone is 1. The summed E-state index contributed by atoms with van der Waals surface area (Å²) < 4.78 is 23.9. The van der Waals surface area contributed by atoms with Gasteiger partial charge in [0.2, 0.25) is 11.3 Å². The van der Waals surface area contributed by atoms with Gasteiger partial charge in [-0.1, -0.05) is 18.2 Å². The van der Waals surface area contributed by atoms with Crippen LogP contribution in [0.1, 0.15) is 18.5 Å². The maximum Gasteiger partial charge on any atom is 0.216 e. The van der Waals surface area contributed by atoms with E-state index in [0.29, 0.717) is 29.8 Å². The Morgan fingerprint density at radius 2 is 2.00 bits per heavy atom. The van der Waals surface area contributed by atoms with Crippen LogP contribution in [0.4, 0.5) is 10.1 Å². The van der Waals surface area contributed by atoms with E-state index in [9.17, 15) is 4.79 Å². The zero-order chi connectivity index (χ0) is 24.2. The molecule has 1 fully saturated rings. The molecule has 2 N–H and O–H groups in total. The average molecular weight is 471 g/mol. The van der Waals surface area contributed by atoms with Gasteiger partial charge in [0.15, 0.2) is 11.5 Å². The number of hydrogen-bond acceptors (Lipinski definition) is 6. The molecule has 1 aliphatic rings. The number of ether oxygens (including phenoxy) is 1. The minimum Gasteiger partial charge on any atom is -0.477 e. The summed E-state index contributed by atoms with van der Waals surface area (Å²) in [6.45, 7) is 0.624. The number of halogens is 1. The molecule has 0 spiro atoms. The smallest absolute Gasteiger partial charge is 0.216 e. The molecule has 1 aliphatic carbocycles. The van der Waals surface area contributed by atoms with Gasteiger partial charge in [-0.2, -0.15) is 10.2 Å². The summed E-state index contributed by atoms with van der Waals surface area (Å²) in [4.78, 5) is 12.6. The zero-order valence-electron chi connectivity index (χ0n) is 18.8. The maximum absolute atomic E-state index is 15.2. The molecule has 9 heteroatoms. The second-order valence-electron chi connectivity index (χ2n) is 8.18. The number of nitrogens with zero attached hydrogens (tertiary/aromatic N) is 4. The second kappa shape index (κ2) is 9.76. The lowest BCUT2D eigenvalue weighted by Crippen LogP contribution is -2.19. The lowest BCUT2D eigenvalue weighted by atomic mass is 10.2. The van der Waals surface area contributed by atoms with Crippen LogP contribution in [0.25, 0.3) is 17.1 Å². The fourth-order valence-electron chi connectivity index (χ4n) is 3.56. The normalized spacial score (nSPS) is 13.5. The Morgan fingerprint density at radius 1 is 1.17 bits per heavy atom. The highest BCUT2D eigenvalue weighted by atomic mass is 19.1. The Morgan fingerprint density at radius 3 is 2.74 bits per heavy atom. The zero-order valence-corrected chi connectivity index (χ0v) is 18.8. The van der Waals surface area contributed by atoms with Gasteiger partial charge in [0.05, 0.1) is 24.2 Å². The molecule has 8 nitrogen and oxygen atoms in total. The third-order valence-corrected chi connectivity index (χ3v) is 5.56. The molecule has 0 saturated heterocycles. The first-order valence-corrected chi connectivity index (χ1v) is 11.2. The van der Waals surface area contributed by atoms with Crippen molar-refractivity contribution < 1.29 is 9.13 Å². The van der Waals surface area contributed by atoms with Crippen LogP contribution in [0.3, 0.4) is 0 Å². The van der Waals surface area contributed by atoms with Gasteiger partial charge in [-0.15, -0.1) is 0 Å². The highest BCUT2D eigenvalue weighted by Gasteiger charge is 2.23. The van der Waals surface area contributed by atoms with Crippen LogP contribution in [-0.4, -0.2) is 32.4 Å². The number of para-hydroxylation sites is 1. The molecule has 4 aromatic rings. The van der Waals surface area contributed by atoms with Crippen molar-refractivity contribution in [3.05, 3.63) is 101 Å². The topological polar surface area (TPSA) is 97.8 Å². The van der Waals surface area contributed by atoms with Crippen molar-refractivity contribution in [2.24, 2.45) is 5.92 Å². The Kier molecular flexibility index (Phi) is 6.21. The van der Waals surface area contributed by atoms with Gasteiger partial charge < -0.3 is 15.5 Å². The lowest BCUT2D eigenvalue weighted by Gasteiger charge is -2.13. The molecule has 0 atom stereocenters. The monoisotopic (exact) mass is 470 g/mol. The van der Waals surface area contributed by atoms with E-state index >= 15 is 4.39 Å². The number of hydrogen-bond donors (Lipinski definition) is 2. The minimum absolute atomic E-state index is 0.0613. The molecule has 2 aromatic heterocycles. The molecular formula is C26H23FN6O2. The molecule has 0 amide bonds. The summed E-state index contributed by atoms with van der Waals surface area (Å²) in [5.74, 6) is 0.601. The highest BCUT2D eigenvalue weighted by Crippen LogP contribution is 2.30. The number of anilines is 1. The first-order chi connectivity index (χ1) is 17.1. The Labute approximate surface area is 200 Å². The van der Waals surface area contributed by atoms with Gasteiger partial charge in [-0.05, 0) is 49.1 Å². The van der Waals surface area contributed by atoms with Gasteiger partial charge in [-0.25, -0.2) is 13.8 Å². The quantitative estimate of drug-likeness (QED) is 0.352. The molecule has 0 bridgehead atoms. The van der Waals surface area contributed by atoms with Crippen LogP contribution < -0.4 is 15.5 Å². The van der Waals surface area contributed by atoms with Crippen molar-refractivity contribution >= 4 is 17.6 Å². The van der Waals surface area contributed by atoms with Gasteiger partial charge >= 0.3 is 0 Å². The summed E-state index contributed by atoms with van der Waals surface area (Å²) in [6.07, 6.45) is 7.85. The van der Waals surface area contributed by atoms with E-state index in [1.807, 2.05) is 30.3 Å². The standard InChI is InChI=1S/C26H23FN6O2/c27-21-16-20(33-25(11-14-29-33)35-17-18-6-7-18)8-9-23(21)32-15-12-24(34)26(31-32)22(10-13-28)30-19-4-2-1-3-5-19/h1-5,8-16,18,28,30H,6-7,17H2/b22-10-,28-13?. The van der Waals surface area contributed by atoms with Crippen LogP contribution in [0, 0.1) is 17.1 Å². The predicted octanol–water partition coefficient (Wildman–Crippen LogP) is 4.45. The van der Waals surface area contributed by atoms with Crippen LogP contribution in [0.2, 0.25) is 0 Å². The third-order valence-electron chi connectivity index (χ3n) is 5.56. The van der Waals surface area contributed by atoms with Crippen molar-refractivity contribution in [1.82, 2.24) is 19.6 Å². The molecule has 176 valence electrons. The second-order valence-corrected chi connectivity index (χ2v) is 8.18. The summed E-state index contributed by atoms with van der Waals surface area (Å²) in [5.41, 5.74) is 1.44.